The molecular weight excluding hydrogens is 534 g/mol. The number of hydrogen-bond acceptors (Lipinski definition) is 4. The summed E-state index contributed by atoms with van der Waals surface area (Å²) in [5.41, 5.74) is 3.66. The number of halogens is 1. The third kappa shape index (κ3) is 7.20. The molecule has 7 nitrogen and oxygen atoms in total. The molecular formula is C29H30BrN3O4. The van der Waals surface area contributed by atoms with Crippen LogP contribution in [0.4, 0.5) is 11.4 Å². The topological polar surface area (TPSA) is 87.7 Å². The number of ether oxygens (including phenoxy) is 1. The van der Waals surface area contributed by atoms with Crippen molar-refractivity contribution in [2.24, 2.45) is 5.92 Å². The maximum Gasteiger partial charge on any atom is 0.262 e. The Balaban J connectivity index is 1.25. The molecule has 192 valence electrons. The Bertz CT molecular complexity index is 1240. The molecule has 0 bridgehead atoms. The van der Waals surface area contributed by atoms with Gasteiger partial charge in [-0.05, 0) is 65.6 Å². The van der Waals surface area contributed by atoms with Crippen LogP contribution in [0.2, 0.25) is 0 Å². The highest BCUT2D eigenvalue weighted by atomic mass is 79.9. The highest BCUT2D eigenvalue weighted by Crippen LogP contribution is 2.27. The smallest absolute Gasteiger partial charge is 0.262 e. The lowest BCUT2D eigenvalue weighted by Gasteiger charge is -2.17. The summed E-state index contributed by atoms with van der Waals surface area (Å²) in [7, 11) is 0. The molecule has 1 aliphatic heterocycles. The Morgan fingerprint density at radius 1 is 1.00 bits per heavy atom. The monoisotopic (exact) mass is 563 g/mol. The second-order valence-electron chi connectivity index (χ2n) is 9.36. The van der Waals surface area contributed by atoms with Gasteiger partial charge in [0.2, 0.25) is 11.8 Å². The van der Waals surface area contributed by atoms with Crippen molar-refractivity contribution >= 4 is 45.0 Å². The molecule has 0 radical (unpaired) electrons. The van der Waals surface area contributed by atoms with Gasteiger partial charge in [-0.1, -0.05) is 54.0 Å². The number of hydrogen-bond donors (Lipinski definition) is 2. The lowest BCUT2D eigenvalue weighted by atomic mass is 10.0. The lowest BCUT2D eigenvalue weighted by molar-refractivity contribution is -0.126. The van der Waals surface area contributed by atoms with Gasteiger partial charge in [-0.25, -0.2) is 0 Å². The largest absolute Gasteiger partial charge is 0.484 e. The molecule has 0 saturated carbocycles. The van der Waals surface area contributed by atoms with Crippen LogP contribution in [-0.2, 0) is 20.9 Å². The molecule has 37 heavy (non-hydrogen) atoms. The highest BCUT2D eigenvalue weighted by molar-refractivity contribution is 9.10. The van der Waals surface area contributed by atoms with Crippen LogP contribution < -0.4 is 20.3 Å². The summed E-state index contributed by atoms with van der Waals surface area (Å²) in [4.78, 5) is 39.1. The third-order valence-corrected chi connectivity index (χ3v) is 6.78. The summed E-state index contributed by atoms with van der Waals surface area (Å²) in [6.07, 6.45) is 0.173. The van der Waals surface area contributed by atoms with E-state index in [4.69, 9.17) is 4.74 Å². The summed E-state index contributed by atoms with van der Waals surface area (Å²) in [5.74, 6) is 0.0806. The number of anilines is 2. The first-order chi connectivity index (χ1) is 17.8. The van der Waals surface area contributed by atoms with Crippen LogP contribution in [0.1, 0.15) is 37.3 Å². The second kappa shape index (κ2) is 12.1. The average Bonchev–Trinajstić information content (AvgIpc) is 3.29. The van der Waals surface area contributed by atoms with Crippen molar-refractivity contribution in [3.63, 3.8) is 0 Å². The third-order valence-electron chi connectivity index (χ3n) is 6.26. The Hall–Kier alpha value is -3.65. The maximum atomic E-state index is 12.7. The molecule has 1 saturated heterocycles. The Morgan fingerprint density at radius 3 is 2.32 bits per heavy atom. The SMILES string of the molecule is CC(C)c1ccc(CNC(=O)[C@H]2CC(=O)N(c3ccc(OCC(=O)Nc4ccc(Br)cc4)cc3)C2)cc1. The quantitative estimate of drug-likeness (QED) is 0.371. The van der Waals surface area contributed by atoms with Crippen molar-refractivity contribution in [3.05, 3.63) is 88.4 Å². The molecule has 0 aliphatic carbocycles. The molecule has 0 spiro atoms. The molecule has 3 amide bonds. The number of carbonyl (C=O) groups is 3. The van der Waals surface area contributed by atoms with Gasteiger partial charge in [0.1, 0.15) is 5.75 Å². The van der Waals surface area contributed by atoms with E-state index in [0.29, 0.717) is 36.1 Å². The van der Waals surface area contributed by atoms with Gasteiger partial charge in [0.15, 0.2) is 6.61 Å². The van der Waals surface area contributed by atoms with Crippen molar-refractivity contribution in [1.29, 1.82) is 0 Å². The Morgan fingerprint density at radius 2 is 1.68 bits per heavy atom. The van der Waals surface area contributed by atoms with E-state index >= 15 is 0 Å². The van der Waals surface area contributed by atoms with Crippen LogP contribution >= 0.6 is 15.9 Å². The average molecular weight is 564 g/mol. The zero-order valence-corrected chi connectivity index (χ0v) is 22.5. The van der Waals surface area contributed by atoms with E-state index in [1.54, 1.807) is 41.3 Å². The molecule has 2 N–H and O–H groups in total. The minimum Gasteiger partial charge on any atom is -0.484 e. The zero-order valence-electron chi connectivity index (χ0n) is 20.9. The van der Waals surface area contributed by atoms with Gasteiger partial charge < -0.3 is 20.3 Å². The van der Waals surface area contributed by atoms with Gasteiger partial charge in [-0.15, -0.1) is 0 Å². The number of benzene rings is 3. The second-order valence-corrected chi connectivity index (χ2v) is 10.3. The molecule has 4 rings (SSSR count). The summed E-state index contributed by atoms with van der Waals surface area (Å²) < 4.78 is 6.50. The van der Waals surface area contributed by atoms with E-state index in [0.717, 1.165) is 10.0 Å². The Kier molecular flexibility index (Phi) is 8.61. The standard InChI is InChI=1S/C29H30BrN3O4/c1-19(2)21-5-3-20(4-6-21)16-31-29(36)22-15-28(35)33(17-22)25-11-13-26(14-12-25)37-18-27(34)32-24-9-7-23(30)8-10-24/h3-14,19,22H,15-18H2,1-2H3,(H,31,36)(H,32,34)/t22-/m0/s1. The lowest BCUT2D eigenvalue weighted by Crippen LogP contribution is -2.32. The first-order valence-corrected chi connectivity index (χ1v) is 13.0. The number of carbonyl (C=O) groups excluding carboxylic acids is 3. The van der Waals surface area contributed by atoms with Gasteiger partial charge in [0, 0.05) is 35.4 Å². The van der Waals surface area contributed by atoms with Crippen LogP contribution in [0.15, 0.2) is 77.3 Å². The van der Waals surface area contributed by atoms with Gasteiger partial charge >= 0.3 is 0 Å². The van der Waals surface area contributed by atoms with Gasteiger partial charge in [0.05, 0.1) is 5.92 Å². The molecule has 1 atom stereocenters. The van der Waals surface area contributed by atoms with Crippen LogP contribution in [0.3, 0.4) is 0 Å². The fourth-order valence-electron chi connectivity index (χ4n) is 4.09. The van der Waals surface area contributed by atoms with E-state index in [9.17, 15) is 14.4 Å². The van der Waals surface area contributed by atoms with Crippen molar-refractivity contribution in [3.8, 4) is 5.75 Å². The molecule has 1 fully saturated rings. The minimum absolute atomic E-state index is 0.0935. The predicted octanol–water partition coefficient (Wildman–Crippen LogP) is 5.26. The summed E-state index contributed by atoms with van der Waals surface area (Å²) >= 11 is 3.36. The van der Waals surface area contributed by atoms with Crippen LogP contribution in [-0.4, -0.2) is 30.9 Å². The van der Waals surface area contributed by atoms with E-state index < -0.39 is 5.92 Å². The van der Waals surface area contributed by atoms with Crippen LogP contribution in [0.25, 0.3) is 0 Å². The molecule has 8 heteroatoms. The zero-order chi connectivity index (χ0) is 26.4. The van der Waals surface area contributed by atoms with Gasteiger partial charge in [-0.3, -0.25) is 14.4 Å². The summed E-state index contributed by atoms with van der Waals surface area (Å²) in [6, 6.07) is 22.4. The first kappa shape index (κ1) is 26.4. The number of amides is 3. The Labute approximate surface area is 225 Å². The molecule has 0 aromatic heterocycles. The molecule has 1 heterocycles. The number of nitrogens with one attached hydrogen (secondary N) is 2. The molecule has 3 aromatic carbocycles. The van der Waals surface area contributed by atoms with Crippen molar-refractivity contribution in [2.75, 3.05) is 23.4 Å². The van der Waals surface area contributed by atoms with Gasteiger partial charge in [-0.2, -0.15) is 0 Å². The highest BCUT2D eigenvalue weighted by Gasteiger charge is 2.35. The fourth-order valence-corrected chi connectivity index (χ4v) is 4.35. The maximum absolute atomic E-state index is 12.7. The molecule has 0 unspecified atom stereocenters. The summed E-state index contributed by atoms with van der Waals surface area (Å²) in [5, 5.41) is 5.73. The van der Waals surface area contributed by atoms with Crippen molar-refractivity contribution in [2.45, 2.75) is 32.7 Å². The minimum atomic E-state index is -0.402. The van der Waals surface area contributed by atoms with Crippen LogP contribution in [0, 0.1) is 5.92 Å². The summed E-state index contributed by atoms with van der Waals surface area (Å²) in [6.45, 7) is 4.91. The fraction of sp³-hybridized carbons (Fsp3) is 0.276. The van der Waals surface area contributed by atoms with E-state index in [2.05, 4.69) is 52.5 Å². The normalized spacial score (nSPS) is 15.1. The van der Waals surface area contributed by atoms with Crippen LogP contribution in [0.5, 0.6) is 5.75 Å². The number of nitrogens with zero attached hydrogens (tertiary/aromatic N) is 1. The van der Waals surface area contributed by atoms with E-state index in [-0.39, 0.29) is 30.7 Å². The first-order valence-electron chi connectivity index (χ1n) is 12.2. The van der Waals surface area contributed by atoms with E-state index in [1.165, 1.54) is 5.56 Å². The predicted molar refractivity (Wildman–Crippen MR) is 148 cm³/mol. The van der Waals surface area contributed by atoms with Gasteiger partial charge in [0.25, 0.3) is 5.91 Å². The van der Waals surface area contributed by atoms with Crippen molar-refractivity contribution in [1.82, 2.24) is 5.32 Å². The molecule has 1 aliphatic rings. The van der Waals surface area contributed by atoms with E-state index in [1.807, 2.05) is 24.3 Å². The number of rotatable bonds is 9. The van der Waals surface area contributed by atoms with Crippen molar-refractivity contribution < 1.29 is 19.1 Å². The molecule has 3 aromatic rings.